The Labute approximate surface area is 484 Å². The molecule has 0 amide bonds. The van der Waals surface area contributed by atoms with Crippen molar-refractivity contribution >= 4 is 19.8 Å². The third-order valence-corrected chi connectivity index (χ3v) is 13.6. The van der Waals surface area contributed by atoms with Gasteiger partial charge in [0.15, 0.2) is 6.10 Å². The Kier molecular flexibility index (Phi) is 55.5. The van der Waals surface area contributed by atoms with Crippen LogP contribution in [0.3, 0.4) is 0 Å². The molecule has 0 radical (unpaired) electrons. The molecule has 0 rings (SSSR count). The molecule has 0 saturated carbocycles. The van der Waals surface area contributed by atoms with E-state index in [0.29, 0.717) is 23.9 Å². The number of likely N-dealkylation sites (N-methyl/N-ethyl adjacent to an activating group) is 1. The smallest absolute Gasteiger partial charge is 0.462 e. The molecule has 0 bridgehead atoms. The summed E-state index contributed by atoms with van der Waals surface area (Å²) in [6.07, 6.45) is 86.4. The Morgan fingerprint density at radius 1 is 0.405 bits per heavy atom. The molecular formula is C69H115NO8P+. The fraction of sp³-hybridized carbons (Fsp3) is 0.623. The van der Waals surface area contributed by atoms with Crippen LogP contribution in [0.5, 0.6) is 0 Å². The SMILES string of the molecule is CC/C=C\C/C=C\C/C=C\C/C=C\C/C=C\C/C=C\C/C=C\C/C=C\C/C=C\C/C=C\CCCCCCCCCCC(=O)OC(COC(=O)CCCCCCC/C=C\C/C=C\CCCCCC)COP(=O)(O)OCC[N+](C)(C)C. The lowest BCUT2D eigenvalue weighted by molar-refractivity contribution is -0.870. The van der Waals surface area contributed by atoms with Crippen LogP contribution >= 0.6 is 7.82 Å². The summed E-state index contributed by atoms with van der Waals surface area (Å²) in [7, 11) is 1.44. The van der Waals surface area contributed by atoms with Gasteiger partial charge in [0.2, 0.25) is 0 Å². The molecule has 2 atom stereocenters. The van der Waals surface area contributed by atoms with Crippen LogP contribution in [-0.4, -0.2) is 74.9 Å². The summed E-state index contributed by atoms with van der Waals surface area (Å²) in [5.41, 5.74) is 0. The number of hydrogen-bond donors (Lipinski definition) is 1. The molecule has 0 heterocycles. The van der Waals surface area contributed by atoms with E-state index in [2.05, 4.69) is 160 Å². The van der Waals surface area contributed by atoms with E-state index < -0.39 is 26.5 Å². The predicted molar refractivity (Wildman–Crippen MR) is 339 cm³/mol. The molecule has 0 aromatic carbocycles. The van der Waals surface area contributed by atoms with Gasteiger partial charge in [0.25, 0.3) is 0 Å². The summed E-state index contributed by atoms with van der Waals surface area (Å²) in [4.78, 5) is 35.7. The fourth-order valence-corrected chi connectivity index (χ4v) is 8.58. The second-order valence-corrected chi connectivity index (χ2v) is 22.8. The highest BCUT2D eigenvalue weighted by Crippen LogP contribution is 2.43. The minimum absolute atomic E-state index is 0.0203. The van der Waals surface area contributed by atoms with Gasteiger partial charge in [0, 0.05) is 12.8 Å². The van der Waals surface area contributed by atoms with Gasteiger partial charge in [-0.05, 0) is 122 Å². The standard InChI is InChI=1S/C69H114NO8P/c1-6-8-10-12-14-16-18-20-22-24-25-26-27-28-29-30-31-32-33-34-35-36-37-38-39-40-41-42-43-44-45-46-48-50-52-54-56-58-60-62-69(72)78-67(66-77-79(73,74)76-64-63-70(3,4)5)65-75-68(71)61-59-57-55-53-51-49-47-23-21-19-17-15-13-11-9-7-2/h8,10,14,16-17,19-20,22-23,25-26,28-29,31-32,34-35,37-38,40-41,43-44,47,67H,6-7,9,11-13,15,18,21,24,27,30,33,36,39,42,45-46,48-66H2,1-5H3/p+1/b10-8-,16-14-,19-17-,22-20-,26-25-,29-28-,32-31-,35-34-,38-37-,41-40-,44-43-,47-23-. The van der Waals surface area contributed by atoms with Crippen molar-refractivity contribution in [3.63, 3.8) is 0 Å². The van der Waals surface area contributed by atoms with Crippen LogP contribution in [0.2, 0.25) is 0 Å². The van der Waals surface area contributed by atoms with Gasteiger partial charge >= 0.3 is 19.8 Å². The Morgan fingerprint density at radius 3 is 1.08 bits per heavy atom. The first-order valence-electron chi connectivity index (χ1n) is 31.1. The number of esters is 2. The molecule has 1 N–H and O–H groups in total. The van der Waals surface area contributed by atoms with Crippen molar-refractivity contribution < 1.29 is 42.1 Å². The molecule has 0 spiro atoms. The van der Waals surface area contributed by atoms with Gasteiger partial charge in [-0.25, -0.2) is 4.57 Å². The van der Waals surface area contributed by atoms with Crippen molar-refractivity contribution in [1.29, 1.82) is 0 Å². The molecule has 79 heavy (non-hydrogen) atoms. The molecule has 10 heteroatoms. The van der Waals surface area contributed by atoms with Gasteiger partial charge in [-0.3, -0.25) is 18.6 Å². The van der Waals surface area contributed by atoms with E-state index in [4.69, 9.17) is 18.5 Å². The van der Waals surface area contributed by atoms with E-state index in [1.807, 2.05) is 21.1 Å². The first kappa shape index (κ1) is 74.9. The molecule has 0 fully saturated rings. The number of phosphoric acid groups is 1. The molecule has 0 saturated heterocycles. The van der Waals surface area contributed by atoms with Gasteiger partial charge in [-0.15, -0.1) is 0 Å². The van der Waals surface area contributed by atoms with Gasteiger partial charge < -0.3 is 18.9 Å². The average Bonchev–Trinajstić information content (AvgIpc) is 3.41. The maximum absolute atomic E-state index is 12.8. The molecule has 0 aliphatic carbocycles. The Bertz CT molecular complexity index is 1840. The number of phosphoric ester groups is 1. The predicted octanol–water partition coefficient (Wildman–Crippen LogP) is 19.9. The van der Waals surface area contributed by atoms with Crippen LogP contribution in [0.4, 0.5) is 0 Å². The normalized spacial score (nSPS) is 14.3. The maximum atomic E-state index is 12.8. The minimum atomic E-state index is -4.40. The highest BCUT2D eigenvalue weighted by atomic mass is 31.2. The topological polar surface area (TPSA) is 108 Å². The summed E-state index contributed by atoms with van der Waals surface area (Å²) in [5.74, 6) is -0.832. The van der Waals surface area contributed by atoms with Gasteiger partial charge in [-0.1, -0.05) is 237 Å². The number of quaternary nitrogens is 1. The molecule has 0 aliphatic rings. The maximum Gasteiger partial charge on any atom is 0.472 e. The summed E-state index contributed by atoms with van der Waals surface area (Å²) in [5, 5.41) is 0. The van der Waals surface area contributed by atoms with Gasteiger partial charge in [0.1, 0.15) is 19.8 Å². The van der Waals surface area contributed by atoms with E-state index in [1.165, 1.54) is 57.8 Å². The number of unbranched alkanes of at least 4 members (excludes halogenated alkanes) is 17. The van der Waals surface area contributed by atoms with E-state index in [0.717, 1.165) is 128 Å². The van der Waals surface area contributed by atoms with Crippen LogP contribution in [-0.2, 0) is 32.7 Å². The van der Waals surface area contributed by atoms with E-state index >= 15 is 0 Å². The highest BCUT2D eigenvalue weighted by Gasteiger charge is 2.27. The number of hydrogen-bond acceptors (Lipinski definition) is 7. The summed E-state index contributed by atoms with van der Waals surface area (Å²) < 4.78 is 34.5. The van der Waals surface area contributed by atoms with Crippen molar-refractivity contribution in [3.05, 3.63) is 146 Å². The molecule has 0 aromatic rings. The molecule has 0 aliphatic heterocycles. The molecular weight excluding hydrogens is 1000 g/mol. The van der Waals surface area contributed by atoms with Crippen LogP contribution in [0.15, 0.2) is 146 Å². The third-order valence-electron chi connectivity index (χ3n) is 12.6. The highest BCUT2D eigenvalue weighted by molar-refractivity contribution is 7.47. The summed E-state index contributed by atoms with van der Waals surface area (Å²) in [6.45, 7) is 4.26. The summed E-state index contributed by atoms with van der Waals surface area (Å²) >= 11 is 0. The Balaban J connectivity index is 4.15. The number of allylic oxidation sites excluding steroid dienone is 24. The average molecular weight is 1120 g/mol. The van der Waals surface area contributed by atoms with Crippen LogP contribution < -0.4 is 0 Å². The first-order valence-corrected chi connectivity index (χ1v) is 32.6. The number of nitrogens with zero attached hydrogens (tertiary/aromatic N) is 1. The van der Waals surface area contributed by atoms with E-state index in [9.17, 15) is 19.0 Å². The second kappa shape index (κ2) is 58.5. The lowest BCUT2D eigenvalue weighted by Crippen LogP contribution is -2.37. The lowest BCUT2D eigenvalue weighted by Gasteiger charge is -2.24. The molecule has 0 aromatic heterocycles. The van der Waals surface area contributed by atoms with Crippen molar-refractivity contribution in [1.82, 2.24) is 0 Å². The van der Waals surface area contributed by atoms with Gasteiger partial charge in [-0.2, -0.15) is 0 Å². The van der Waals surface area contributed by atoms with E-state index in [1.54, 1.807) is 0 Å². The van der Waals surface area contributed by atoms with Gasteiger partial charge in [0.05, 0.1) is 27.7 Å². The number of ether oxygens (including phenoxy) is 2. The van der Waals surface area contributed by atoms with Crippen molar-refractivity contribution in [3.8, 4) is 0 Å². The Hall–Kier alpha value is -4.11. The first-order chi connectivity index (χ1) is 38.5. The Morgan fingerprint density at radius 2 is 0.722 bits per heavy atom. The molecule has 448 valence electrons. The zero-order valence-corrected chi connectivity index (χ0v) is 51.7. The third kappa shape index (κ3) is 62.9. The number of carbonyl (C=O) groups excluding carboxylic acids is 2. The summed E-state index contributed by atoms with van der Waals surface area (Å²) in [6, 6.07) is 0. The molecule has 9 nitrogen and oxygen atoms in total. The quantitative estimate of drug-likeness (QED) is 0.0211. The number of rotatable bonds is 55. The zero-order valence-electron chi connectivity index (χ0n) is 50.8. The monoisotopic (exact) mass is 1120 g/mol. The van der Waals surface area contributed by atoms with E-state index in [-0.39, 0.29) is 32.0 Å². The molecule has 2 unspecified atom stereocenters. The van der Waals surface area contributed by atoms with Crippen molar-refractivity contribution in [2.75, 3.05) is 47.5 Å². The second-order valence-electron chi connectivity index (χ2n) is 21.4. The van der Waals surface area contributed by atoms with Crippen LogP contribution in [0.1, 0.15) is 226 Å². The van der Waals surface area contributed by atoms with Crippen molar-refractivity contribution in [2.45, 2.75) is 232 Å². The fourth-order valence-electron chi connectivity index (χ4n) is 7.84. The van der Waals surface area contributed by atoms with Crippen LogP contribution in [0, 0.1) is 0 Å². The van der Waals surface area contributed by atoms with Crippen LogP contribution in [0.25, 0.3) is 0 Å². The zero-order chi connectivity index (χ0) is 57.7. The number of carbonyl (C=O) groups is 2. The largest absolute Gasteiger partial charge is 0.472 e. The lowest BCUT2D eigenvalue weighted by atomic mass is 10.1. The van der Waals surface area contributed by atoms with Crippen molar-refractivity contribution in [2.24, 2.45) is 0 Å². The minimum Gasteiger partial charge on any atom is -0.462 e.